The molecule has 0 aromatic carbocycles. The van der Waals surface area contributed by atoms with Crippen LogP contribution in [0.5, 0.6) is 0 Å². The van der Waals surface area contributed by atoms with E-state index in [-0.39, 0.29) is 5.91 Å². The standard InChI is InChI=1S/C10H19ClN2O/c1-8(13-5-3-4-6-13)7-12-10(14)9(2)11/h8-9H,3-7H2,1-2H3,(H,12,14). The van der Waals surface area contributed by atoms with Crippen molar-refractivity contribution in [2.75, 3.05) is 19.6 Å². The van der Waals surface area contributed by atoms with Gasteiger partial charge in [0, 0.05) is 12.6 Å². The van der Waals surface area contributed by atoms with Crippen molar-refractivity contribution < 1.29 is 4.79 Å². The van der Waals surface area contributed by atoms with E-state index in [2.05, 4.69) is 17.1 Å². The quantitative estimate of drug-likeness (QED) is 0.720. The van der Waals surface area contributed by atoms with Gasteiger partial charge in [0.05, 0.1) is 0 Å². The molecule has 1 N–H and O–H groups in total. The van der Waals surface area contributed by atoms with E-state index < -0.39 is 5.38 Å². The summed E-state index contributed by atoms with van der Waals surface area (Å²) >= 11 is 5.65. The van der Waals surface area contributed by atoms with Gasteiger partial charge in [-0.15, -0.1) is 11.6 Å². The first-order valence-corrected chi connectivity index (χ1v) is 5.70. The van der Waals surface area contributed by atoms with Crippen LogP contribution in [0.15, 0.2) is 0 Å². The number of halogens is 1. The number of likely N-dealkylation sites (tertiary alicyclic amines) is 1. The molecule has 0 aliphatic carbocycles. The van der Waals surface area contributed by atoms with Gasteiger partial charge >= 0.3 is 0 Å². The van der Waals surface area contributed by atoms with E-state index in [4.69, 9.17) is 11.6 Å². The average molecular weight is 219 g/mol. The van der Waals surface area contributed by atoms with Crippen molar-refractivity contribution in [1.82, 2.24) is 10.2 Å². The Morgan fingerprint density at radius 3 is 2.50 bits per heavy atom. The van der Waals surface area contributed by atoms with Crippen LogP contribution in [0.25, 0.3) is 0 Å². The predicted octanol–water partition coefficient (Wildman–Crippen LogP) is 1.21. The highest BCUT2D eigenvalue weighted by atomic mass is 35.5. The van der Waals surface area contributed by atoms with Crippen molar-refractivity contribution in [3.05, 3.63) is 0 Å². The molecule has 2 atom stereocenters. The predicted molar refractivity (Wildman–Crippen MR) is 58.6 cm³/mol. The van der Waals surface area contributed by atoms with Crippen molar-refractivity contribution in [3.8, 4) is 0 Å². The molecule has 2 unspecified atom stereocenters. The first-order chi connectivity index (χ1) is 6.61. The number of nitrogens with one attached hydrogen (secondary N) is 1. The average Bonchev–Trinajstić information content (AvgIpc) is 2.66. The molecule has 1 fully saturated rings. The lowest BCUT2D eigenvalue weighted by atomic mass is 10.3. The van der Waals surface area contributed by atoms with Crippen molar-refractivity contribution >= 4 is 17.5 Å². The Morgan fingerprint density at radius 1 is 1.43 bits per heavy atom. The number of nitrogens with zero attached hydrogens (tertiary/aromatic N) is 1. The summed E-state index contributed by atoms with van der Waals surface area (Å²) in [6.07, 6.45) is 2.56. The lowest BCUT2D eigenvalue weighted by molar-refractivity contribution is -0.120. The van der Waals surface area contributed by atoms with Gasteiger partial charge in [-0.2, -0.15) is 0 Å². The zero-order valence-electron chi connectivity index (χ0n) is 8.92. The highest BCUT2D eigenvalue weighted by molar-refractivity contribution is 6.30. The van der Waals surface area contributed by atoms with Gasteiger partial charge in [0.15, 0.2) is 0 Å². The Kier molecular flexibility index (Phi) is 4.69. The second kappa shape index (κ2) is 5.56. The Morgan fingerprint density at radius 2 is 2.00 bits per heavy atom. The van der Waals surface area contributed by atoms with E-state index >= 15 is 0 Å². The van der Waals surface area contributed by atoms with E-state index in [0.29, 0.717) is 12.6 Å². The minimum atomic E-state index is -0.430. The minimum absolute atomic E-state index is 0.0716. The second-order valence-corrected chi connectivity index (χ2v) is 4.61. The third-order valence-electron chi connectivity index (χ3n) is 2.70. The number of carbonyl (C=O) groups excluding carboxylic acids is 1. The molecule has 0 spiro atoms. The highest BCUT2D eigenvalue weighted by Gasteiger charge is 2.18. The van der Waals surface area contributed by atoms with E-state index in [1.807, 2.05) is 0 Å². The molecule has 1 aliphatic heterocycles. The summed E-state index contributed by atoms with van der Waals surface area (Å²) in [6, 6.07) is 0.428. The Balaban J connectivity index is 2.20. The highest BCUT2D eigenvalue weighted by Crippen LogP contribution is 2.10. The van der Waals surface area contributed by atoms with Crippen molar-refractivity contribution in [2.24, 2.45) is 0 Å². The van der Waals surface area contributed by atoms with Gasteiger partial charge in [-0.1, -0.05) is 0 Å². The largest absolute Gasteiger partial charge is 0.353 e. The van der Waals surface area contributed by atoms with Crippen LogP contribution in [0, 0.1) is 0 Å². The van der Waals surface area contributed by atoms with Crippen molar-refractivity contribution in [3.63, 3.8) is 0 Å². The lowest BCUT2D eigenvalue weighted by Crippen LogP contribution is -2.42. The van der Waals surface area contributed by atoms with Gasteiger partial charge in [-0.05, 0) is 39.8 Å². The summed E-state index contributed by atoms with van der Waals surface area (Å²) in [5.74, 6) is -0.0716. The number of rotatable bonds is 4. The van der Waals surface area contributed by atoms with Crippen LogP contribution in [-0.4, -0.2) is 41.9 Å². The van der Waals surface area contributed by atoms with E-state index in [0.717, 1.165) is 13.1 Å². The molecule has 0 radical (unpaired) electrons. The molecule has 0 aromatic heterocycles. The fourth-order valence-corrected chi connectivity index (χ4v) is 1.78. The normalized spacial score (nSPS) is 21.9. The number of alkyl halides is 1. The Hall–Kier alpha value is -0.280. The van der Waals surface area contributed by atoms with Gasteiger partial charge in [-0.3, -0.25) is 9.69 Å². The summed E-state index contributed by atoms with van der Waals surface area (Å²) in [5, 5.41) is 2.42. The van der Waals surface area contributed by atoms with Crippen LogP contribution in [0.4, 0.5) is 0 Å². The maximum atomic E-state index is 11.2. The molecular weight excluding hydrogens is 200 g/mol. The maximum Gasteiger partial charge on any atom is 0.237 e. The fourth-order valence-electron chi connectivity index (χ4n) is 1.70. The fraction of sp³-hybridized carbons (Fsp3) is 0.900. The molecule has 0 saturated carbocycles. The number of hydrogen-bond donors (Lipinski definition) is 1. The zero-order valence-corrected chi connectivity index (χ0v) is 9.68. The van der Waals surface area contributed by atoms with Gasteiger partial charge in [0.1, 0.15) is 5.38 Å². The van der Waals surface area contributed by atoms with Crippen LogP contribution in [0.3, 0.4) is 0 Å². The summed E-state index contributed by atoms with van der Waals surface area (Å²) in [7, 11) is 0. The monoisotopic (exact) mass is 218 g/mol. The summed E-state index contributed by atoms with van der Waals surface area (Å²) in [6.45, 7) is 6.86. The lowest BCUT2D eigenvalue weighted by Gasteiger charge is -2.24. The molecule has 1 amide bonds. The summed E-state index contributed by atoms with van der Waals surface area (Å²) in [5.41, 5.74) is 0. The van der Waals surface area contributed by atoms with Crippen LogP contribution in [0.2, 0.25) is 0 Å². The molecule has 14 heavy (non-hydrogen) atoms. The zero-order chi connectivity index (χ0) is 10.6. The molecule has 1 aliphatic rings. The molecule has 3 nitrogen and oxygen atoms in total. The molecular formula is C10H19ClN2O. The molecule has 0 bridgehead atoms. The Labute approximate surface area is 90.8 Å². The first-order valence-electron chi connectivity index (χ1n) is 5.27. The van der Waals surface area contributed by atoms with Gasteiger partial charge in [-0.25, -0.2) is 0 Å². The van der Waals surface area contributed by atoms with Crippen molar-refractivity contribution in [2.45, 2.75) is 38.1 Å². The molecule has 1 rings (SSSR count). The summed E-state index contributed by atoms with van der Waals surface area (Å²) < 4.78 is 0. The maximum absolute atomic E-state index is 11.2. The number of carbonyl (C=O) groups is 1. The molecule has 82 valence electrons. The second-order valence-electron chi connectivity index (χ2n) is 3.95. The van der Waals surface area contributed by atoms with Crippen LogP contribution < -0.4 is 5.32 Å². The number of hydrogen-bond acceptors (Lipinski definition) is 2. The topological polar surface area (TPSA) is 32.3 Å². The van der Waals surface area contributed by atoms with E-state index in [9.17, 15) is 4.79 Å². The van der Waals surface area contributed by atoms with Crippen LogP contribution in [-0.2, 0) is 4.79 Å². The van der Waals surface area contributed by atoms with Gasteiger partial charge in [0.2, 0.25) is 5.91 Å². The van der Waals surface area contributed by atoms with Crippen LogP contribution in [0.1, 0.15) is 26.7 Å². The first kappa shape index (κ1) is 11.8. The minimum Gasteiger partial charge on any atom is -0.353 e. The molecule has 1 heterocycles. The molecule has 0 aromatic rings. The SMILES string of the molecule is CC(Cl)C(=O)NCC(C)N1CCCC1. The number of amides is 1. The van der Waals surface area contributed by atoms with Gasteiger partial charge < -0.3 is 5.32 Å². The summed E-state index contributed by atoms with van der Waals surface area (Å²) in [4.78, 5) is 13.6. The molecule has 1 saturated heterocycles. The van der Waals surface area contributed by atoms with Crippen molar-refractivity contribution in [1.29, 1.82) is 0 Å². The van der Waals surface area contributed by atoms with Crippen LogP contribution >= 0.6 is 11.6 Å². The molecule has 4 heteroatoms. The van der Waals surface area contributed by atoms with E-state index in [1.54, 1.807) is 6.92 Å². The smallest absolute Gasteiger partial charge is 0.237 e. The Bertz CT molecular complexity index is 191. The van der Waals surface area contributed by atoms with E-state index in [1.165, 1.54) is 12.8 Å². The van der Waals surface area contributed by atoms with Gasteiger partial charge in [0.25, 0.3) is 0 Å². The third kappa shape index (κ3) is 3.46. The third-order valence-corrected chi connectivity index (χ3v) is 2.90.